The quantitative estimate of drug-likeness (QED) is 0.832. The summed E-state index contributed by atoms with van der Waals surface area (Å²) in [6.45, 7) is 7.05. The van der Waals surface area contributed by atoms with Gasteiger partial charge in [-0.15, -0.1) is 0 Å². The number of nitrogens with zero attached hydrogens (tertiary/aromatic N) is 3. The van der Waals surface area contributed by atoms with Gasteiger partial charge >= 0.3 is 6.03 Å². The molecule has 0 bridgehead atoms. The van der Waals surface area contributed by atoms with Crippen molar-refractivity contribution in [1.82, 2.24) is 19.7 Å². The predicted octanol–water partition coefficient (Wildman–Crippen LogP) is 1.69. The maximum atomic E-state index is 12.5. The first-order valence-electron chi connectivity index (χ1n) is 8.63. The summed E-state index contributed by atoms with van der Waals surface area (Å²) < 4.78 is 7.40. The van der Waals surface area contributed by atoms with Crippen LogP contribution in [0, 0.1) is 0 Å². The molecule has 1 atom stereocenters. The molecule has 1 fully saturated rings. The molecule has 23 heavy (non-hydrogen) atoms. The van der Waals surface area contributed by atoms with E-state index in [9.17, 15) is 4.79 Å². The van der Waals surface area contributed by atoms with Crippen molar-refractivity contribution in [3.63, 3.8) is 0 Å². The van der Waals surface area contributed by atoms with Crippen LogP contribution < -0.4 is 5.32 Å². The van der Waals surface area contributed by atoms with Crippen molar-refractivity contribution in [2.75, 3.05) is 39.9 Å². The second-order valence-corrected chi connectivity index (χ2v) is 6.49. The van der Waals surface area contributed by atoms with E-state index in [0.717, 1.165) is 32.8 Å². The van der Waals surface area contributed by atoms with Gasteiger partial charge in [-0.3, -0.25) is 4.90 Å². The van der Waals surface area contributed by atoms with Gasteiger partial charge in [0.25, 0.3) is 0 Å². The zero-order valence-corrected chi connectivity index (χ0v) is 14.2. The molecule has 6 nitrogen and oxygen atoms in total. The number of carbonyl (C=O) groups is 1. The lowest BCUT2D eigenvalue weighted by Gasteiger charge is -2.35. The number of aromatic nitrogens is 1. The van der Waals surface area contributed by atoms with Crippen LogP contribution >= 0.6 is 0 Å². The Morgan fingerprint density at radius 2 is 2.22 bits per heavy atom. The fraction of sp³-hybridized carbons (Fsp3) is 0.706. The van der Waals surface area contributed by atoms with E-state index in [1.165, 1.54) is 18.5 Å². The van der Waals surface area contributed by atoms with E-state index in [1.807, 2.05) is 4.90 Å². The Bertz CT molecular complexity index is 526. The van der Waals surface area contributed by atoms with Gasteiger partial charge in [0.1, 0.15) is 0 Å². The molecule has 0 unspecified atom stereocenters. The highest BCUT2D eigenvalue weighted by molar-refractivity contribution is 5.74. The summed E-state index contributed by atoms with van der Waals surface area (Å²) in [4.78, 5) is 16.8. The molecule has 0 radical (unpaired) electrons. The van der Waals surface area contributed by atoms with Crippen LogP contribution in [0.2, 0.25) is 0 Å². The molecule has 3 rings (SSSR count). The van der Waals surface area contributed by atoms with Crippen LogP contribution in [0.1, 0.15) is 31.5 Å². The second kappa shape index (κ2) is 7.36. The Morgan fingerprint density at radius 1 is 1.39 bits per heavy atom. The number of hydrogen-bond donors (Lipinski definition) is 1. The lowest BCUT2D eigenvalue weighted by atomic mass is 10.1. The molecule has 1 aromatic heterocycles. The van der Waals surface area contributed by atoms with Crippen LogP contribution in [-0.4, -0.2) is 66.3 Å². The molecule has 128 valence electrons. The molecule has 1 aliphatic heterocycles. The van der Waals surface area contributed by atoms with Gasteiger partial charge in [-0.1, -0.05) is 0 Å². The number of urea groups is 1. The van der Waals surface area contributed by atoms with Crippen molar-refractivity contribution in [3.8, 4) is 0 Å². The number of fused-ring (bicyclic) bond motifs is 1. The average Bonchev–Trinajstić information content (AvgIpc) is 3.27. The van der Waals surface area contributed by atoms with Crippen molar-refractivity contribution < 1.29 is 9.53 Å². The maximum Gasteiger partial charge on any atom is 0.318 e. The molecular formula is C17H28N4O2. The van der Waals surface area contributed by atoms with E-state index in [4.69, 9.17) is 4.74 Å². The van der Waals surface area contributed by atoms with E-state index in [-0.39, 0.29) is 12.1 Å². The SMILES string of the molecule is COCCN(CCNC(=O)N1CCn2cccc2[C@@H]1C)C1CC1. The summed E-state index contributed by atoms with van der Waals surface area (Å²) >= 11 is 0. The summed E-state index contributed by atoms with van der Waals surface area (Å²) in [7, 11) is 1.74. The molecule has 0 spiro atoms. The lowest BCUT2D eigenvalue weighted by molar-refractivity contribution is 0.140. The van der Waals surface area contributed by atoms with Crippen molar-refractivity contribution in [2.24, 2.45) is 0 Å². The zero-order chi connectivity index (χ0) is 16.2. The van der Waals surface area contributed by atoms with Gasteiger partial charge in [0, 0.05) is 57.8 Å². The second-order valence-electron chi connectivity index (χ2n) is 6.49. The van der Waals surface area contributed by atoms with Crippen LogP contribution in [0.25, 0.3) is 0 Å². The number of hydrogen-bond acceptors (Lipinski definition) is 3. The monoisotopic (exact) mass is 320 g/mol. The topological polar surface area (TPSA) is 49.7 Å². The molecule has 2 heterocycles. The van der Waals surface area contributed by atoms with Gasteiger partial charge in [0.05, 0.1) is 12.6 Å². The fourth-order valence-corrected chi connectivity index (χ4v) is 3.39. The molecule has 2 amide bonds. The molecule has 1 aliphatic carbocycles. The van der Waals surface area contributed by atoms with Crippen LogP contribution in [-0.2, 0) is 11.3 Å². The van der Waals surface area contributed by atoms with E-state index in [1.54, 1.807) is 7.11 Å². The van der Waals surface area contributed by atoms with Gasteiger partial charge in [-0.05, 0) is 31.9 Å². The standard InChI is InChI=1S/C17H28N4O2/c1-14-16-4-3-8-20(16)10-11-21(14)17(22)18-7-9-19(12-13-23-2)15-5-6-15/h3-4,8,14-15H,5-7,9-13H2,1-2H3,(H,18,22)/t14-/m0/s1. The molecule has 0 aromatic carbocycles. The van der Waals surface area contributed by atoms with Crippen LogP contribution in [0.3, 0.4) is 0 Å². The molecular weight excluding hydrogens is 292 g/mol. The maximum absolute atomic E-state index is 12.5. The van der Waals surface area contributed by atoms with Gasteiger partial charge in [0.2, 0.25) is 0 Å². The Balaban J connectivity index is 1.46. The van der Waals surface area contributed by atoms with Crippen LogP contribution in [0.15, 0.2) is 18.3 Å². The summed E-state index contributed by atoms with van der Waals surface area (Å²) in [5.41, 5.74) is 1.21. The van der Waals surface area contributed by atoms with Crippen LogP contribution in [0.4, 0.5) is 4.79 Å². The Kier molecular flexibility index (Phi) is 5.23. The number of ether oxygens (including phenoxy) is 1. The van der Waals surface area contributed by atoms with E-state index in [0.29, 0.717) is 12.6 Å². The molecule has 0 saturated heterocycles. The predicted molar refractivity (Wildman–Crippen MR) is 89.4 cm³/mol. The molecule has 1 N–H and O–H groups in total. The Morgan fingerprint density at radius 3 is 2.96 bits per heavy atom. The number of carbonyl (C=O) groups excluding carboxylic acids is 1. The Hall–Kier alpha value is -1.53. The van der Waals surface area contributed by atoms with E-state index >= 15 is 0 Å². The first-order valence-corrected chi connectivity index (χ1v) is 8.63. The highest BCUT2D eigenvalue weighted by atomic mass is 16.5. The number of nitrogens with one attached hydrogen (secondary N) is 1. The third-order valence-corrected chi connectivity index (χ3v) is 4.92. The van der Waals surface area contributed by atoms with Gasteiger partial charge in [-0.2, -0.15) is 0 Å². The minimum Gasteiger partial charge on any atom is -0.383 e. The van der Waals surface area contributed by atoms with E-state index in [2.05, 4.69) is 40.0 Å². The van der Waals surface area contributed by atoms with Gasteiger partial charge in [0.15, 0.2) is 0 Å². The van der Waals surface area contributed by atoms with Crippen molar-refractivity contribution >= 4 is 6.03 Å². The summed E-state index contributed by atoms with van der Waals surface area (Å²) in [6.07, 6.45) is 4.64. The van der Waals surface area contributed by atoms with Gasteiger partial charge < -0.3 is 19.5 Å². The largest absolute Gasteiger partial charge is 0.383 e. The lowest BCUT2D eigenvalue weighted by Crippen LogP contribution is -2.48. The number of methoxy groups -OCH3 is 1. The summed E-state index contributed by atoms with van der Waals surface area (Å²) in [5.74, 6) is 0. The molecule has 6 heteroatoms. The van der Waals surface area contributed by atoms with Crippen molar-refractivity contribution in [1.29, 1.82) is 0 Å². The summed E-state index contributed by atoms with van der Waals surface area (Å²) in [6, 6.07) is 5.03. The zero-order valence-electron chi connectivity index (χ0n) is 14.2. The fourth-order valence-electron chi connectivity index (χ4n) is 3.39. The Labute approximate surface area is 138 Å². The smallest absolute Gasteiger partial charge is 0.318 e. The minimum absolute atomic E-state index is 0.0486. The third-order valence-electron chi connectivity index (χ3n) is 4.92. The third kappa shape index (κ3) is 3.87. The first-order chi connectivity index (χ1) is 11.2. The number of amides is 2. The average molecular weight is 320 g/mol. The van der Waals surface area contributed by atoms with Crippen molar-refractivity contribution in [3.05, 3.63) is 24.0 Å². The normalized spacial score (nSPS) is 20.7. The number of rotatable bonds is 7. The highest BCUT2D eigenvalue weighted by Crippen LogP contribution is 2.26. The van der Waals surface area contributed by atoms with E-state index < -0.39 is 0 Å². The molecule has 2 aliphatic rings. The van der Waals surface area contributed by atoms with Crippen molar-refractivity contribution in [2.45, 2.75) is 38.4 Å². The molecule has 1 aromatic rings. The van der Waals surface area contributed by atoms with Crippen LogP contribution in [0.5, 0.6) is 0 Å². The van der Waals surface area contributed by atoms with Gasteiger partial charge in [-0.25, -0.2) is 4.79 Å². The minimum atomic E-state index is 0.0486. The first kappa shape index (κ1) is 16.3. The molecule has 1 saturated carbocycles. The summed E-state index contributed by atoms with van der Waals surface area (Å²) in [5, 5.41) is 3.09. The highest BCUT2D eigenvalue weighted by Gasteiger charge is 2.29.